The maximum absolute atomic E-state index is 6.14. The molecule has 0 radical (unpaired) electrons. The molecule has 168 valence electrons. The standard InChI is InChI=1S/C25H36ClN5/c1-18-28-23(16-24(29-18)31(2)3)30-22-12-10-21(11-13-22)27-17-25(14-4-5-15-25)19-6-8-20(26)9-7-19/h6-9,16,21-22,27H,4-5,10-15,17H2,1-3H3,(H,28,29,30). The first-order chi connectivity index (χ1) is 14.9. The number of hydrogen-bond donors (Lipinski definition) is 2. The number of anilines is 2. The quantitative estimate of drug-likeness (QED) is 0.608. The fourth-order valence-corrected chi connectivity index (χ4v) is 5.39. The maximum atomic E-state index is 6.14. The zero-order valence-electron chi connectivity index (χ0n) is 19.1. The summed E-state index contributed by atoms with van der Waals surface area (Å²) < 4.78 is 0. The molecule has 31 heavy (non-hydrogen) atoms. The van der Waals surface area contributed by atoms with Crippen molar-refractivity contribution in [3.8, 4) is 0 Å². The summed E-state index contributed by atoms with van der Waals surface area (Å²) in [5.41, 5.74) is 1.73. The molecule has 1 aromatic carbocycles. The van der Waals surface area contributed by atoms with E-state index in [-0.39, 0.29) is 5.41 Å². The molecule has 0 atom stereocenters. The van der Waals surface area contributed by atoms with Crippen LogP contribution in [0.4, 0.5) is 11.6 Å². The van der Waals surface area contributed by atoms with E-state index in [2.05, 4.69) is 32.7 Å². The number of nitrogens with one attached hydrogen (secondary N) is 2. The lowest BCUT2D eigenvalue weighted by Gasteiger charge is -2.35. The summed E-state index contributed by atoms with van der Waals surface area (Å²) >= 11 is 6.14. The minimum absolute atomic E-state index is 0.279. The summed E-state index contributed by atoms with van der Waals surface area (Å²) in [7, 11) is 4.03. The highest BCUT2D eigenvalue weighted by Crippen LogP contribution is 2.41. The van der Waals surface area contributed by atoms with Gasteiger partial charge in [0.15, 0.2) is 0 Å². The van der Waals surface area contributed by atoms with Crippen LogP contribution >= 0.6 is 11.6 Å². The van der Waals surface area contributed by atoms with E-state index in [1.54, 1.807) is 0 Å². The van der Waals surface area contributed by atoms with Gasteiger partial charge >= 0.3 is 0 Å². The Morgan fingerprint density at radius 1 is 1.00 bits per heavy atom. The third kappa shape index (κ3) is 5.50. The van der Waals surface area contributed by atoms with Gasteiger partial charge in [0, 0.05) is 49.2 Å². The zero-order valence-corrected chi connectivity index (χ0v) is 19.9. The summed E-state index contributed by atoms with van der Waals surface area (Å²) in [6.45, 7) is 3.03. The number of nitrogens with zero attached hydrogens (tertiary/aromatic N) is 3. The average Bonchev–Trinajstić information content (AvgIpc) is 3.23. The molecule has 0 spiro atoms. The topological polar surface area (TPSA) is 53.1 Å². The first kappa shape index (κ1) is 22.3. The van der Waals surface area contributed by atoms with Crippen LogP contribution in [0.3, 0.4) is 0 Å². The second-order valence-electron chi connectivity index (χ2n) is 9.62. The van der Waals surface area contributed by atoms with Crippen molar-refractivity contribution in [1.29, 1.82) is 0 Å². The predicted molar refractivity (Wildman–Crippen MR) is 130 cm³/mol. The van der Waals surface area contributed by atoms with Crippen LogP contribution in [0.2, 0.25) is 5.02 Å². The van der Waals surface area contributed by atoms with E-state index in [4.69, 9.17) is 11.6 Å². The molecule has 0 amide bonds. The van der Waals surface area contributed by atoms with Crippen molar-refractivity contribution in [2.24, 2.45) is 0 Å². The van der Waals surface area contributed by atoms with Crippen LogP contribution in [0.15, 0.2) is 30.3 Å². The van der Waals surface area contributed by atoms with E-state index < -0.39 is 0 Å². The van der Waals surface area contributed by atoms with Gasteiger partial charge in [-0.25, -0.2) is 9.97 Å². The molecule has 0 bridgehead atoms. The molecule has 2 aromatic rings. The molecule has 1 heterocycles. The molecule has 0 aliphatic heterocycles. The molecule has 2 saturated carbocycles. The summed E-state index contributed by atoms with van der Waals surface area (Å²) in [5.74, 6) is 2.71. The monoisotopic (exact) mass is 441 g/mol. The number of rotatable bonds is 7. The highest BCUT2D eigenvalue weighted by molar-refractivity contribution is 6.30. The Labute approximate surface area is 192 Å². The molecule has 0 unspecified atom stereocenters. The Kier molecular flexibility index (Phi) is 7.02. The zero-order chi connectivity index (χ0) is 21.8. The van der Waals surface area contributed by atoms with E-state index in [0.29, 0.717) is 12.1 Å². The van der Waals surface area contributed by atoms with E-state index >= 15 is 0 Å². The first-order valence-electron chi connectivity index (χ1n) is 11.7. The molecule has 5 nitrogen and oxygen atoms in total. The number of hydrogen-bond acceptors (Lipinski definition) is 5. The molecule has 2 N–H and O–H groups in total. The molecule has 6 heteroatoms. The van der Waals surface area contributed by atoms with Crippen molar-refractivity contribution in [2.75, 3.05) is 30.9 Å². The van der Waals surface area contributed by atoms with Crippen molar-refractivity contribution < 1.29 is 0 Å². The van der Waals surface area contributed by atoms with Crippen LogP contribution in [0.25, 0.3) is 0 Å². The largest absolute Gasteiger partial charge is 0.367 e. The van der Waals surface area contributed by atoms with E-state index in [1.165, 1.54) is 56.9 Å². The van der Waals surface area contributed by atoms with Gasteiger partial charge in [0.2, 0.25) is 0 Å². The smallest absolute Gasteiger partial charge is 0.133 e. The van der Waals surface area contributed by atoms with E-state index in [9.17, 15) is 0 Å². The van der Waals surface area contributed by atoms with Gasteiger partial charge in [0.05, 0.1) is 0 Å². The van der Waals surface area contributed by atoms with Gasteiger partial charge in [0.1, 0.15) is 17.5 Å². The van der Waals surface area contributed by atoms with Crippen molar-refractivity contribution in [2.45, 2.75) is 75.8 Å². The van der Waals surface area contributed by atoms with Crippen LogP contribution in [-0.4, -0.2) is 42.7 Å². The lowest BCUT2D eigenvalue weighted by Crippen LogP contribution is -2.43. The van der Waals surface area contributed by atoms with Crippen LogP contribution < -0.4 is 15.5 Å². The summed E-state index contributed by atoms with van der Waals surface area (Å²) in [6, 6.07) is 11.7. The lowest BCUT2D eigenvalue weighted by atomic mass is 9.78. The van der Waals surface area contributed by atoms with Crippen molar-refractivity contribution in [3.05, 3.63) is 46.7 Å². The van der Waals surface area contributed by atoms with E-state index in [0.717, 1.165) is 29.0 Å². The van der Waals surface area contributed by atoms with Crippen molar-refractivity contribution in [3.63, 3.8) is 0 Å². The van der Waals surface area contributed by atoms with Gasteiger partial charge in [-0.3, -0.25) is 0 Å². The molecule has 1 aromatic heterocycles. The van der Waals surface area contributed by atoms with Crippen molar-refractivity contribution >= 4 is 23.2 Å². The highest BCUT2D eigenvalue weighted by Gasteiger charge is 2.36. The normalized spacial score (nSPS) is 23.0. The van der Waals surface area contributed by atoms with Gasteiger partial charge in [-0.15, -0.1) is 0 Å². The van der Waals surface area contributed by atoms with E-state index in [1.807, 2.05) is 44.1 Å². The third-order valence-electron chi connectivity index (χ3n) is 7.11. The predicted octanol–water partition coefficient (Wildman–Crippen LogP) is 5.33. The fraction of sp³-hybridized carbons (Fsp3) is 0.600. The lowest BCUT2D eigenvalue weighted by molar-refractivity contribution is 0.311. The minimum Gasteiger partial charge on any atom is -0.367 e. The van der Waals surface area contributed by atoms with Crippen LogP contribution in [0.1, 0.15) is 62.8 Å². The molecule has 0 saturated heterocycles. The van der Waals surface area contributed by atoms with Crippen LogP contribution in [0, 0.1) is 6.92 Å². The number of aryl methyl sites for hydroxylation is 1. The molecule has 2 fully saturated rings. The van der Waals surface area contributed by atoms with Gasteiger partial charge in [-0.05, 0) is 63.1 Å². The second-order valence-corrected chi connectivity index (χ2v) is 10.1. The Bertz CT molecular complexity index is 853. The highest BCUT2D eigenvalue weighted by atomic mass is 35.5. The van der Waals surface area contributed by atoms with Crippen molar-refractivity contribution in [1.82, 2.24) is 15.3 Å². The number of benzene rings is 1. The molecular weight excluding hydrogens is 406 g/mol. The van der Waals surface area contributed by atoms with Gasteiger partial charge in [-0.1, -0.05) is 36.6 Å². The van der Waals surface area contributed by atoms with Gasteiger partial charge in [-0.2, -0.15) is 0 Å². The molecular formula is C25H36ClN5. The third-order valence-corrected chi connectivity index (χ3v) is 7.36. The fourth-order valence-electron chi connectivity index (χ4n) is 5.27. The van der Waals surface area contributed by atoms with Crippen LogP contribution in [-0.2, 0) is 5.41 Å². The average molecular weight is 442 g/mol. The number of halogens is 1. The van der Waals surface area contributed by atoms with Crippen LogP contribution in [0.5, 0.6) is 0 Å². The number of aromatic nitrogens is 2. The first-order valence-corrected chi connectivity index (χ1v) is 12.1. The SMILES string of the molecule is Cc1nc(NC2CCC(NCC3(c4ccc(Cl)cc4)CCCC3)CC2)cc(N(C)C)n1. The molecule has 4 rings (SSSR count). The molecule has 2 aliphatic carbocycles. The Morgan fingerprint density at radius 2 is 1.65 bits per heavy atom. The van der Waals surface area contributed by atoms with Gasteiger partial charge < -0.3 is 15.5 Å². The Hall–Kier alpha value is -1.85. The Morgan fingerprint density at radius 3 is 2.29 bits per heavy atom. The second kappa shape index (κ2) is 9.74. The molecule has 2 aliphatic rings. The summed E-state index contributed by atoms with van der Waals surface area (Å²) in [6.07, 6.45) is 9.97. The van der Waals surface area contributed by atoms with Gasteiger partial charge in [0.25, 0.3) is 0 Å². The summed E-state index contributed by atoms with van der Waals surface area (Å²) in [5, 5.41) is 8.42. The Balaban J connectivity index is 1.30. The summed E-state index contributed by atoms with van der Waals surface area (Å²) in [4.78, 5) is 11.1. The minimum atomic E-state index is 0.279. The maximum Gasteiger partial charge on any atom is 0.133 e.